The van der Waals surface area contributed by atoms with Crippen molar-refractivity contribution < 1.29 is 22.3 Å². The first-order valence-corrected chi connectivity index (χ1v) is 5.54. The summed E-state index contributed by atoms with van der Waals surface area (Å²) in [6.07, 6.45) is 1.24. The van der Waals surface area contributed by atoms with Gasteiger partial charge in [0, 0.05) is 6.20 Å². The fourth-order valence-electron chi connectivity index (χ4n) is 0.768. The van der Waals surface area contributed by atoms with E-state index in [1.54, 1.807) is 0 Å². The van der Waals surface area contributed by atoms with Crippen LogP contribution >= 0.6 is 0 Å². The zero-order chi connectivity index (χ0) is 11.4. The maximum absolute atomic E-state index is 11.3. The highest BCUT2D eigenvalue weighted by Gasteiger charge is 2.18. The van der Waals surface area contributed by atoms with Crippen molar-refractivity contribution >= 4 is 28.4 Å². The first-order chi connectivity index (χ1) is 7.04. The van der Waals surface area contributed by atoms with Gasteiger partial charge in [-0.3, -0.25) is 18.2 Å². The third kappa shape index (κ3) is 2.89. The Morgan fingerprint density at radius 2 is 1.87 bits per heavy atom. The summed E-state index contributed by atoms with van der Waals surface area (Å²) in [5.41, 5.74) is -0.272. The molecule has 82 valence electrons. The van der Waals surface area contributed by atoms with E-state index < -0.39 is 28.4 Å². The number of hydrogen-bond donors (Lipinski definition) is 0. The minimum absolute atomic E-state index is 0.272. The van der Waals surface area contributed by atoms with Crippen LogP contribution in [-0.4, -0.2) is 32.1 Å². The van der Waals surface area contributed by atoms with Crippen molar-refractivity contribution in [1.29, 1.82) is 0 Å². The second kappa shape index (κ2) is 5.07. The molecule has 7 nitrogen and oxygen atoms in total. The zero-order valence-corrected chi connectivity index (χ0v) is 8.69. The van der Waals surface area contributed by atoms with E-state index in [2.05, 4.69) is 4.98 Å². The molecule has 1 heterocycles. The molecule has 0 aliphatic heterocycles. The van der Waals surface area contributed by atoms with Crippen LogP contribution < -0.4 is 0 Å². The predicted octanol–water partition coefficient (Wildman–Crippen LogP) is -0.888. The molecule has 0 bridgehead atoms. The molecule has 0 fully saturated rings. The molecule has 1 aromatic rings. The lowest BCUT2D eigenvalue weighted by Gasteiger charge is -2.24. The molecule has 2 unspecified atom stereocenters. The predicted molar refractivity (Wildman–Crippen MR) is 48.2 cm³/mol. The van der Waals surface area contributed by atoms with Crippen molar-refractivity contribution in [1.82, 2.24) is 8.69 Å². The molecule has 0 saturated carbocycles. The molecule has 1 amide bonds. The molecule has 0 aromatic carbocycles. The summed E-state index contributed by atoms with van der Waals surface area (Å²) in [6.45, 7) is 0. The summed E-state index contributed by atoms with van der Waals surface area (Å²) in [6, 6.07) is 4.14. The summed E-state index contributed by atoms with van der Waals surface area (Å²) in [5, 5.41) is 0. The molecular formula is C6H4N2O5S2-2. The molecule has 1 rings (SSSR count). The van der Waals surface area contributed by atoms with Crippen molar-refractivity contribution in [2.45, 2.75) is 0 Å². The zero-order valence-electron chi connectivity index (χ0n) is 7.06. The van der Waals surface area contributed by atoms with Crippen LogP contribution in [0.2, 0.25) is 0 Å². The van der Waals surface area contributed by atoms with Gasteiger partial charge in [-0.1, -0.05) is 6.07 Å². The highest BCUT2D eigenvalue weighted by Crippen LogP contribution is 2.04. The molecule has 0 saturated heterocycles. The number of aromatic nitrogens is 1. The Hall–Kier alpha value is -1.16. The fraction of sp³-hybridized carbons (Fsp3) is 0. The number of carbonyl (C=O) groups is 1. The van der Waals surface area contributed by atoms with E-state index in [1.807, 2.05) is 0 Å². The van der Waals surface area contributed by atoms with Crippen molar-refractivity contribution in [3.05, 3.63) is 30.1 Å². The molecule has 9 heteroatoms. The van der Waals surface area contributed by atoms with Gasteiger partial charge in [0.2, 0.25) is 0 Å². The first kappa shape index (κ1) is 11.9. The number of carbonyl (C=O) groups excluding carboxylic acids is 1. The topological polar surface area (TPSA) is 113 Å². The Morgan fingerprint density at radius 3 is 2.27 bits per heavy atom. The van der Waals surface area contributed by atoms with E-state index in [1.165, 1.54) is 24.4 Å². The van der Waals surface area contributed by atoms with Gasteiger partial charge in [0.25, 0.3) is 5.91 Å². The molecule has 15 heavy (non-hydrogen) atoms. The van der Waals surface area contributed by atoms with Crippen LogP contribution in [0.15, 0.2) is 24.4 Å². The van der Waals surface area contributed by atoms with E-state index >= 15 is 0 Å². The Balaban J connectivity index is 3.02. The first-order valence-electron chi connectivity index (χ1n) is 3.48. The third-order valence-corrected chi connectivity index (χ3v) is 2.92. The molecule has 0 radical (unpaired) electrons. The minimum atomic E-state index is -3.18. The second-order valence-corrected chi connectivity index (χ2v) is 4.04. The van der Waals surface area contributed by atoms with Crippen LogP contribution in [0.25, 0.3) is 0 Å². The minimum Gasteiger partial charge on any atom is -0.754 e. The molecule has 0 N–H and O–H groups in total. The molecule has 0 spiro atoms. The van der Waals surface area contributed by atoms with Gasteiger partial charge in [-0.15, -0.1) is 0 Å². The Morgan fingerprint density at radius 1 is 1.27 bits per heavy atom. The van der Waals surface area contributed by atoms with Gasteiger partial charge < -0.3 is 9.11 Å². The van der Waals surface area contributed by atoms with Crippen molar-refractivity contribution in [3.63, 3.8) is 0 Å². The van der Waals surface area contributed by atoms with Gasteiger partial charge in [-0.25, -0.2) is 0 Å². The number of amides is 1. The standard InChI is InChI=1S/C6H6N2O5S2/c9-6(5-3-1-2-4-7-5)8(14(10)11)15(12)13/h1-4H,(H,10,11)(H,12,13)/p-2. The van der Waals surface area contributed by atoms with Crippen molar-refractivity contribution in [3.8, 4) is 0 Å². The van der Waals surface area contributed by atoms with E-state index in [0.29, 0.717) is 0 Å². The number of pyridine rings is 1. The second-order valence-electron chi connectivity index (χ2n) is 2.21. The number of hydrogen-bond acceptors (Lipinski definition) is 6. The molecular weight excluding hydrogens is 244 g/mol. The quantitative estimate of drug-likeness (QED) is 0.641. The van der Waals surface area contributed by atoms with Gasteiger partial charge in [-0.05, 0) is 12.1 Å². The number of nitrogens with zero attached hydrogens (tertiary/aromatic N) is 2. The van der Waals surface area contributed by atoms with Gasteiger partial charge in [0.1, 0.15) is 5.69 Å². The summed E-state index contributed by atoms with van der Waals surface area (Å²) in [4.78, 5) is 14.8. The van der Waals surface area contributed by atoms with E-state index in [4.69, 9.17) is 0 Å². The van der Waals surface area contributed by atoms with Crippen LogP contribution in [0, 0.1) is 0 Å². The van der Waals surface area contributed by atoms with Gasteiger partial charge in [-0.2, -0.15) is 3.71 Å². The molecule has 0 aliphatic rings. The van der Waals surface area contributed by atoms with Gasteiger partial charge in [0.05, 0.1) is 22.5 Å². The molecule has 2 atom stereocenters. The van der Waals surface area contributed by atoms with Crippen LogP contribution in [0.4, 0.5) is 0 Å². The van der Waals surface area contributed by atoms with E-state index in [0.717, 1.165) is 0 Å². The normalized spacial score (nSPS) is 14.3. The average Bonchev–Trinajstić information content (AvgIpc) is 2.18. The molecule has 0 aliphatic carbocycles. The summed E-state index contributed by atoms with van der Waals surface area (Å²) in [7, 11) is 0. The lowest BCUT2D eigenvalue weighted by Crippen LogP contribution is -2.34. The lowest BCUT2D eigenvalue weighted by atomic mass is 10.3. The highest BCUT2D eigenvalue weighted by molar-refractivity contribution is 7.93. The van der Waals surface area contributed by atoms with E-state index in [9.17, 15) is 22.3 Å². The summed E-state index contributed by atoms with van der Waals surface area (Å²) < 4.78 is 41.4. The Kier molecular flexibility index (Phi) is 4.03. The van der Waals surface area contributed by atoms with Gasteiger partial charge in [0.15, 0.2) is 0 Å². The largest absolute Gasteiger partial charge is 0.754 e. The molecule has 1 aromatic heterocycles. The lowest BCUT2D eigenvalue weighted by molar-refractivity contribution is 0.0913. The fourth-order valence-corrected chi connectivity index (χ4v) is 1.62. The SMILES string of the molecule is O=C(c1ccccn1)N(S(=O)[O-])S(=O)[O-]. The van der Waals surface area contributed by atoms with Crippen LogP contribution in [0.5, 0.6) is 0 Å². The maximum atomic E-state index is 11.3. The smallest absolute Gasteiger partial charge is 0.294 e. The van der Waals surface area contributed by atoms with Crippen LogP contribution in [-0.2, 0) is 22.5 Å². The summed E-state index contributed by atoms with van der Waals surface area (Å²) >= 11 is -6.37. The van der Waals surface area contributed by atoms with Gasteiger partial charge >= 0.3 is 0 Å². The summed E-state index contributed by atoms with van der Waals surface area (Å²) in [5.74, 6) is -1.22. The average molecular weight is 248 g/mol. The van der Waals surface area contributed by atoms with Crippen molar-refractivity contribution in [2.24, 2.45) is 0 Å². The van der Waals surface area contributed by atoms with E-state index in [-0.39, 0.29) is 9.40 Å². The Labute approximate surface area is 90.0 Å². The van der Waals surface area contributed by atoms with Crippen LogP contribution in [0.3, 0.4) is 0 Å². The Bertz CT molecular complexity index is 395. The third-order valence-electron chi connectivity index (χ3n) is 1.32. The number of rotatable bonds is 3. The van der Waals surface area contributed by atoms with Crippen molar-refractivity contribution in [2.75, 3.05) is 0 Å². The van der Waals surface area contributed by atoms with Crippen LogP contribution in [0.1, 0.15) is 10.5 Å². The monoisotopic (exact) mass is 248 g/mol. The maximum Gasteiger partial charge on any atom is 0.294 e. The highest BCUT2D eigenvalue weighted by atomic mass is 32.3.